The number of hydrogen-bond donors (Lipinski definition) is 1. The van der Waals surface area contributed by atoms with Crippen molar-refractivity contribution in [1.29, 1.82) is 0 Å². The number of benzene rings is 2. The van der Waals surface area contributed by atoms with Crippen molar-refractivity contribution in [2.75, 3.05) is 19.6 Å². The summed E-state index contributed by atoms with van der Waals surface area (Å²) in [5.74, 6) is 1.35. The summed E-state index contributed by atoms with van der Waals surface area (Å²) in [5.41, 5.74) is 4.95. The number of fused-ring (bicyclic) bond motifs is 4. The van der Waals surface area contributed by atoms with Gasteiger partial charge < -0.3 is 14.5 Å². The molecule has 0 amide bonds. The molecule has 0 aliphatic carbocycles. The third-order valence-electron chi connectivity index (χ3n) is 7.18. The first kappa shape index (κ1) is 20.2. The van der Waals surface area contributed by atoms with Gasteiger partial charge in [0.2, 0.25) is 5.65 Å². The van der Waals surface area contributed by atoms with Crippen LogP contribution >= 0.6 is 0 Å². The Kier molecular flexibility index (Phi) is 4.99. The molecule has 7 heteroatoms. The Labute approximate surface area is 191 Å². The quantitative estimate of drug-likeness (QED) is 0.447. The predicted molar refractivity (Wildman–Crippen MR) is 131 cm³/mol. The van der Waals surface area contributed by atoms with Gasteiger partial charge in [-0.1, -0.05) is 30.3 Å². The molecule has 33 heavy (non-hydrogen) atoms. The van der Waals surface area contributed by atoms with Crippen molar-refractivity contribution in [1.82, 2.24) is 29.0 Å². The van der Waals surface area contributed by atoms with E-state index in [2.05, 4.69) is 50.5 Å². The summed E-state index contributed by atoms with van der Waals surface area (Å²) in [6.45, 7) is 5.77. The lowest BCUT2D eigenvalue weighted by Crippen LogP contribution is -2.34. The topological polar surface area (TPSA) is 71.2 Å². The average Bonchev–Trinajstić information content (AvgIpc) is 3.46. The molecular formula is C26H28N6O. The first-order valence-corrected chi connectivity index (χ1v) is 11.8. The maximum absolute atomic E-state index is 13.1. The van der Waals surface area contributed by atoms with Crippen LogP contribution in [0.1, 0.15) is 36.6 Å². The lowest BCUT2D eigenvalue weighted by molar-refractivity contribution is 0.207. The Morgan fingerprint density at radius 3 is 2.58 bits per heavy atom. The molecule has 1 aliphatic heterocycles. The second-order valence-corrected chi connectivity index (χ2v) is 9.11. The summed E-state index contributed by atoms with van der Waals surface area (Å²) >= 11 is 0. The summed E-state index contributed by atoms with van der Waals surface area (Å²) in [4.78, 5) is 19.1. The third kappa shape index (κ3) is 3.43. The van der Waals surface area contributed by atoms with E-state index in [1.807, 2.05) is 40.2 Å². The van der Waals surface area contributed by atoms with E-state index >= 15 is 0 Å². The highest BCUT2D eigenvalue weighted by atomic mass is 16.1. The van der Waals surface area contributed by atoms with Gasteiger partial charge in [-0.2, -0.15) is 0 Å². The van der Waals surface area contributed by atoms with E-state index in [0.717, 1.165) is 42.9 Å². The fourth-order valence-electron chi connectivity index (χ4n) is 5.47. The van der Waals surface area contributed by atoms with E-state index in [0.29, 0.717) is 18.1 Å². The molecule has 1 N–H and O–H groups in total. The normalized spacial score (nSPS) is 15.8. The zero-order chi connectivity index (χ0) is 22.4. The van der Waals surface area contributed by atoms with E-state index in [4.69, 9.17) is 0 Å². The van der Waals surface area contributed by atoms with Crippen LogP contribution in [0.4, 0.5) is 0 Å². The van der Waals surface area contributed by atoms with E-state index in [1.165, 1.54) is 29.3 Å². The molecule has 3 aromatic heterocycles. The summed E-state index contributed by atoms with van der Waals surface area (Å²) in [6, 6.07) is 16.6. The summed E-state index contributed by atoms with van der Waals surface area (Å²) in [5, 5.41) is 9.65. The smallest absolute Gasteiger partial charge is 0.296 e. The fraction of sp³-hybridized carbons (Fsp3) is 0.346. The van der Waals surface area contributed by atoms with Gasteiger partial charge in [-0.05, 0) is 75.5 Å². The van der Waals surface area contributed by atoms with Crippen LogP contribution in [-0.2, 0) is 6.54 Å². The highest BCUT2D eigenvalue weighted by Crippen LogP contribution is 2.33. The van der Waals surface area contributed by atoms with Crippen LogP contribution in [0.5, 0.6) is 0 Å². The number of likely N-dealkylation sites (tertiary alicyclic amines) is 1. The highest BCUT2D eigenvalue weighted by Gasteiger charge is 2.22. The number of H-pyrrole nitrogens is 1. The molecular weight excluding hydrogens is 412 g/mol. The van der Waals surface area contributed by atoms with Gasteiger partial charge in [0, 0.05) is 23.6 Å². The predicted octanol–water partition coefficient (Wildman–Crippen LogP) is 4.10. The standard InChI is InChI=1S/C26H28N6O/c1-18-28-29-25-26(33)31(23-9-4-5-10-24(23)32(18)25)14-6-13-30-15-11-19(12-16-30)21-17-27-22-8-3-2-7-20(21)22/h2-5,7-10,17,19,27H,6,11-16H2,1H3. The number of rotatable bonds is 5. The van der Waals surface area contributed by atoms with E-state index in [-0.39, 0.29) is 5.56 Å². The number of piperidine rings is 1. The van der Waals surface area contributed by atoms with Gasteiger partial charge in [0.1, 0.15) is 5.82 Å². The lowest BCUT2D eigenvalue weighted by atomic mass is 9.89. The molecule has 0 unspecified atom stereocenters. The molecule has 0 radical (unpaired) electrons. The van der Waals surface area contributed by atoms with Gasteiger partial charge in [-0.15, -0.1) is 10.2 Å². The Balaban J connectivity index is 1.14. The SMILES string of the molecule is Cc1nnc2c(=O)n(CCCN3CCC(c4c[nH]c5ccccc45)CC3)c3ccccc3n12. The molecule has 0 atom stereocenters. The number of para-hydroxylation sites is 3. The number of aromatic amines is 1. The van der Waals surface area contributed by atoms with Crippen LogP contribution in [0.2, 0.25) is 0 Å². The summed E-state index contributed by atoms with van der Waals surface area (Å²) in [6.07, 6.45) is 5.49. The van der Waals surface area contributed by atoms with Gasteiger partial charge in [0.15, 0.2) is 0 Å². The van der Waals surface area contributed by atoms with Crippen LogP contribution in [0.15, 0.2) is 59.5 Å². The maximum atomic E-state index is 13.1. The van der Waals surface area contributed by atoms with Crippen molar-refractivity contribution in [3.63, 3.8) is 0 Å². The number of nitrogens with zero attached hydrogens (tertiary/aromatic N) is 5. The van der Waals surface area contributed by atoms with Crippen molar-refractivity contribution in [3.8, 4) is 0 Å². The molecule has 7 nitrogen and oxygen atoms in total. The largest absolute Gasteiger partial charge is 0.361 e. The van der Waals surface area contributed by atoms with Gasteiger partial charge in [0.25, 0.3) is 5.56 Å². The highest BCUT2D eigenvalue weighted by molar-refractivity contribution is 5.83. The van der Waals surface area contributed by atoms with E-state index in [9.17, 15) is 4.79 Å². The molecule has 1 fully saturated rings. The molecule has 2 aromatic carbocycles. The first-order chi connectivity index (χ1) is 16.2. The fourth-order valence-corrected chi connectivity index (χ4v) is 5.47. The molecule has 168 valence electrons. The molecule has 5 aromatic rings. The number of aromatic nitrogens is 5. The Bertz CT molecular complexity index is 1500. The van der Waals surface area contributed by atoms with Gasteiger partial charge in [0.05, 0.1) is 11.0 Å². The van der Waals surface area contributed by atoms with Crippen LogP contribution in [-0.4, -0.2) is 48.7 Å². The number of hydrogen-bond acceptors (Lipinski definition) is 4. The minimum Gasteiger partial charge on any atom is -0.361 e. The first-order valence-electron chi connectivity index (χ1n) is 11.8. The molecule has 0 spiro atoms. The summed E-state index contributed by atoms with van der Waals surface area (Å²) in [7, 11) is 0. The van der Waals surface area contributed by atoms with E-state index < -0.39 is 0 Å². The maximum Gasteiger partial charge on any atom is 0.296 e. The number of nitrogens with one attached hydrogen (secondary N) is 1. The van der Waals surface area contributed by atoms with Crippen molar-refractivity contribution >= 4 is 27.6 Å². The van der Waals surface area contributed by atoms with Gasteiger partial charge in [-0.25, -0.2) is 0 Å². The Hall–Kier alpha value is -3.45. The monoisotopic (exact) mass is 440 g/mol. The molecule has 0 bridgehead atoms. The van der Waals surface area contributed by atoms with Crippen molar-refractivity contribution in [3.05, 3.63) is 76.5 Å². The van der Waals surface area contributed by atoms with Gasteiger partial charge >= 0.3 is 0 Å². The van der Waals surface area contributed by atoms with Crippen LogP contribution in [0, 0.1) is 6.92 Å². The minimum atomic E-state index is -0.0626. The average molecular weight is 441 g/mol. The zero-order valence-corrected chi connectivity index (χ0v) is 18.9. The van der Waals surface area contributed by atoms with Crippen LogP contribution in [0.3, 0.4) is 0 Å². The molecule has 0 saturated carbocycles. The van der Waals surface area contributed by atoms with Crippen molar-refractivity contribution in [2.45, 2.75) is 38.6 Å². The second kappa shape index (κ2) is 8.15. The van der Waals surface area contributed by atoms with Crippen molar-refractivity contribution < 1.29 is 0 Å². The Morgan fingerprint density at radius 2 is 1.73 bits per heavy atom. The molecule has 4 heterocycles. The van der Waals surface area contributed by atoms with Crippen LogP contribution in [0.25, 0.3) is 27.6 Å². The molecule has 1 saturated heterocycles. The Morgan fingerprint density at radius 1 is 0.970 bits per heavy atom. The van der Waals surface area contributed by atoms with Gasteiger partial charge in [-0.3, -0.25) is 9.20 Å². The summed E-state index contributed by atoms with van der Waals surface area (Å²) < 4.78 is 3.74. The zero-order valence-electron chi connectivity index (χ0n) is 18.9. The van der Waals surface area contributed by atoms with Crippen molar-refractivity contribution in [2.24, 2.45) is 0 Å². The lowest BCUT2D eigenvalue weighted by Gasteiger charge is -2.32. The minimum absolute atomic E-state index is 0.0626. The molecule has 6 rings (SSSR count). The van der Waals surface area contributed by atoms with E-state index in [1.54, 1.807) is 0 Å². The third-order valence-corrected chi connectivity index (χ3v) is 7.18. The second-order valence-electron chi connectivity index (χ2n) is 9.11. The molecule has 1 aliphatic rings. The number of aryl methyl sites for hydroxylation is 2. The van der Waals surface area contributed by atoms with Crippen LogP contribution < -0.4 is 5.56 Å².